The van der Waals surface area contributed by atoms with Crippen LogP contribution in [0.4, 0.5) is 19.2 Å². The summed E-state index contributed by atoms with van der Waals surface area (Å²) in [5.41, 5.74) is 0.0141. The number of carbonyl (C=O) groups excluding carboxylic acids is 1. The minimum absolute atomic E-state index is 0.0141. The molecule has 1 aromatic heterocycles. The Kier molecular flexibility index (Phi) is 4.96. The molecule has 1 atom stereocenters. The Morgan fingerprint density at radius 2 is 1.96 bits per heavy atom. The van der Waals surface area contributed by atoms with Crippen LogP contribution in [0.15, 0.2) is 33.3 Å². The van der Waals surface area contributed by atoms with Crippen molar-refractivity contribution < 1.29 is 22.5 Å². The Morgan fingerprint density at radius 3 is 2.46 bits per heavy atom. The summed E-state index contributed by atoms with van der Waals surface area (Å²) in [5.74, 6) is -0.658. The van der Waals surface area contributed by atoms with E-state index in [9.17, 15) is 18.0 Å². The molecule has 1 saturated heterocycles. The third-order valence-electron chi connectivity index (χ3n) is 4.25. The van der Waals surface area contributed by atoms with E-state index < -0.39 is 24.0 Å². The topological polar surface area (TPSA) is 62.5 Å². The highest BCUT2D eigenvalue weighted by Gasteiger charge is 2.48. The first-order valence-electron chi connectivity index (χ1n) is 7.81. The Hall–Kier alpha value is -2.10. The van der Waals surface area contributed by atoms with Crippen LogP contribution in [-0.2, 0) is 4.79 Å². The number of anilines is 1. The van der Waals surface area contributed by atoms with E-state index in [1.807, 2.05) is 0 Å². The number of hydrogen-bond donors (Lipinski definition) is 0. The van der Waals surface area contributed by atoms with Gasteiger partial charge in [0.05, 0.1) is 5.92 Å². The normalized spacial score (nSPS) is 16.3. The molecule has 1 aromatic carbocycles. The molecular formula is C16H16BrF3N4O2. The quantitative estimate of drug-likeness (QED) is 0.741. The molecule has 0 N–H and O–H groups in total. The summed E-state index contributed by atoms with van der Waals surface area (Å²) in [6, 6.07) is 4.04. The molecule has 0 unspecified atom stereocenters. The fraction of sp³-hybridized carbons (Fsp3) is 0.438. The van der Waals surface area contributed by atoms with E-state index in [0.29, 0.717) is 10.3 Å². The average Bonchev–Trinajstić information content (AvgIpc) is 2.92. The largest absolute Gasteiger partial charge is 0.413 e. The molecule has 0 aliphatic carbocycles. The van der Waals surface area contributed by atoms with Crippen LogP contribution < -0.4 is 4.90 Å². The van der Waals surface area contributed by atoms with E-state index >= 15 is 0 Å². The van der Waals surface area contributed by atoms with Crippen molar-refractivity contribution >= 4 is 27.9 Å². The number of aryl methyl sites for hydroxylation is 1. The van der Waals surface area contributed by atoms with Crippen molar-refractivity contribution in [2.24, 2.45) is 5.92 Å². The third kappa shape index (κ3) is 3.69. The van der Waals surface area contributed by atoms with E-state index in [4.69, 9.17) is 4.52 Å². The lowest BCUT2D eigenvalue weighted by Gasteiger charge is -2.40. The van der Waals surface area contributed by atoms with E-state index in [0.717, 1.165) is 4.90 Å². The van der Waals surface area contributed by atoms with Gasteiger partial charge >= 0.3 is 12.2 Å². The van der Waals surface area contributed by atoms with Crippen LogP contribution >= 0.6 is 15.9 Å². The van der Waals surface area contributed by atoms with Gasteiger partial charge in [-0.05, 0) is 24.6 Å². The van der Waals surface area contributed by atoms with E-state index in [2.05, 4.69) is 26.1 Å². The van der Waals surface area contributed by atoms with Crippen molar-refractivity contribution in [2.75, 3.05) is 25.0 Å². The Labute approximate surface area is 156 Å². The van der Waals surface area contributed by atoms with Gasteiger partial charge in [0.15, 0.2) is 11.9 Å². The highest BCUT2D eigenvalue weighted by atomic mass is 79.9. The van der Waals surface area contributed by atoms with Crippen molar-refractivity contribution in [1.29, 1.82) is 0 Å². The second kappa shape index (κ2) is 6.90. The summed E-state index contributed by atoms with van der Waals surface area (Å²) in [6.07, 6.45) is -4.58. The van der Waals surface area contributed by atoms with Gasteiger partial charge in [0, 0.05) is 24.6 Å². The molecule has 3 rings (SSSR count). The lowest BCUT2D eigenvalue weighted by molar-refractivity contribution is -0.190. The molecule has 6 nitrogen and oxygen atoms in total. The number of aromatic nitrogens is 2. The summed E-state index contributed by atoms with van der Waals surface area (Å²) >= 11 is 3.20. The van der Waals surface area contributed by atoms with Crippen molar-refractivity contribution in [3.05, 3.63) is 40.1 Å². The van der Waals surface area contributed by atoms with Gasteiger partial charge in [-0.2, -0.15) is 18.2 Å². The standard InChI is InChI=1S/C16H16BrF3N4O2/c1-9-21-15(26-22-9)24-7-11(8-24)14(25)23(2)13(16(18,19)20)10-3-5-12(17)6-4-10/h3-6,11,13H,7-8H2,1-2H3/t13-/m0/s1. The van der Waals surface area contributed by atoms with Crippen LogP contribution in [0, 0.1) is 12.8 Å². The van der Waals surface area contributed by atoms with E-state index in [1.165, 1.54) is 31.3 Å². The van der Waals surface area contributed by atoms with Crippen LogP contribution in [0.1, 0.15) is 17.4 Å². The fourth-order valence-electron chi connectivity index (χ4n) is 2.90. The second-order valence-corrected chi connectivity index (χ2v) is 7.09. The minimum atomic E-state index is -4.58. The summed E-state index contributed by atoms with van der Waals surface area (Å²) < 4.78 is 46.5. The van der Waals surface area contributed by atoms with Crippen LogP contribution in [0.25, 0.3) is 0 Å². The lowest BCUT2D eigenvalue weighted by atomic mass is 9.97. The van der Waals surface area contributed by atoms with Crippen LogP contribution in [0.3, 0.4) is 0 Å². The van der Waals surface area contributed by atoms with Gasteiger partial charge in [0.25, 0.3) is 0 Å². The summed E-state index contributed by atoms with van der Waals surface area (Å²) in [4.78, 5) is 19.0. The van der Waals surface area contributed by atoms with Gasteiger partial charge in [-0.15, -0.1) is 0 Å². The summed E-state index contributed by atoms with van der Waals surface area (Å²) in [7, 11) is 1.18. The number of nitrogens with zero attached hydrogens (tertiary/aromatic N) is 4. The monoisotopic (exact) mass is 432 g/mol. The maximum Gasteiger partial charge on any atom is 0.413 e. The van der Waals surface area contributed by atoms with Crippen LogP contribution in [0.5, 0.6) is 0 Å². The zero-order valence-corrected chi connectivity index (χ0v) is 15.6. The maximum absolute atomic E-state index is 13.6. The van der Waals surface area contributed by atoms with Gasteiger partial charge in [-0.25, -0.2) is 0 Å². The number of benzene rings is 1. The third-order valence-corrected chi connectivity index (χ3v) is 4.78. The smallest absolute Gasteiger partial charge is 0.330 e. The van der Waals surface area contributed by atoms with Crippen molar-refractivity contribution in [3.63, 3.8) is 0 Å². The van der Waals surface area contributed by atoms with Crippen molar-refractivity contribution in [2.45, 2.75) is 19.1 Å². The number of alkyl halides is 3. The zero-order chi connectivity index (χ0) is 19.1. The maximum atomic E-state index is 13.6. The number of amides is 1. The predicted molar refractivity (Wildman–Crippen MR) is 90.4 cm³/mol. The first-order valence-corrected chi connectivity index (χ1v) is 8.60. The molecule has 1 amide bonds. The van der Waals surface area contributed by atoms with Gasteiger partial charge in [0.1, 0.15) is 0 Å². The number of carbonyl (C=O) groups is 1. The average molecular weight is 433 g/mol. The fourth-order valence-corrected chi connectivity index (χ4v) is 3.16. The SMILES string of the molecule is Cc1noc(N2CC(C(=O)N(C)[C@@H](c3ccc(Br)cc3)C(F)(F)F)C2)n1. The van der Waals surface area contributed by atoms with Gasteiger partial charge in [-0.1, -0.05) is 33.2 Å². The Morgan fingerprint density at radius 1 is 1.35 bits per heavy atom. The molecule has 26 heavy (non-hydrogen) atoms. The van der Waals surface area contributed by atoms with E-state index in [-0.39, 0.29) is 24.7 Å². The summed E-state index contributed by atoms with van der Waals surface area (Å²) in [5, 5.41) is 3.66. The molecule has 1 aliphatic heterocycles. The molecule has 0 spiro atoms. The molecule has 0 bridgehead atoms. The van der Waals surface area contributed by atoms with Gasteiger partial charge in [0.2, 0.25) is 5.91 Å². The second-order valence-electron chi connectivity index (χ2n) is 6.17. The molecule has 0 saturated carbocycles. The molecule has 140 valence electrons. The minimum Gasteiger partial charge on any atom is -0.330 e. The highest BCUT2D eigenvalue weighted by Crippen LogP contribution is 2.38. The molecule has 2 aromatic rings. The molecule has 2 heterocycles. The van der Waals surface area contributed by atoms with E-state index in [1.54, 1.807) is 11.8 Å². The predicted octanol–water partition coefficient (Wildman–Crippen LogP) is 3.34. The molecule has 1 fully saturated rings. The zero-order valence-electron chi connectivity index (χ0n) is 14.0. The highest BCUT2D eigenvalue weighted by molar-refractivity contribution is 9.10. The number of halogens is 4. The molecule has 10 heteroatoms. The lowest BCUT2D eigenvalue weighted by Crippen LogP contribution is -2.55. The molecule has 1 aliphatic rings. The van der Waals surface area contributed by atoms with Crippen LogP contribution in [-0.4, -0.2) is 47.3 Å². The Bertz CT molecular complexity index is 788. The van der Waals surface area contributed by atoms with Crippen LogP contribution in [0.2, 0.25) is 0 Å². The Balaban J connectivity index is 1.72. The van der Waals surface area contributed by atoms with Crippen molar-refractivity contribution in [3.8, 4) is 0 Å². The van der Waals surface area contributed by atoms with Crippen molar-refractivity contribution in [1.82, 2.24) is 15.0 Å². The summed E-state index contributed by atoms with van der Waals surface area (Å²) in [6.45, 7) is 2.15. The number of rotatable bonds is 4. The first-order chi connectivity index (χ1) is 12.2. The van der Waals surface area contributed by atoms with Gasteiger partial charge < -0.3 is 14.3 Å². The first kappa shape index (κ1) is 18.7. The number of hydrogen-bond acceptors (Lipinski definition) is 5. The molecular weight excluding hydrogens is 417 g/mol. The van der Waals surface area contributed by atoms with Gasteiger partial charge in [-0.3, -0.25) is 4.79 Å². The molecule has 0 radical (unpaired) electrons.